The zero-order valence-electron chi connectivity index (χ0n) is 10.9. The van der Waals surface area contributed by atoms with E-state index in [9.17, 15) is 18.9 Å². The molecule has 0 bridgehead atoms. The van der Waals surface area contributed by atoms with Crippen LogP contribution in [0.4, 0.5) is 20.2 Å². The van der Waals surface area contributed by atoms with Crippen molar-refractivity contribution >= 4 is 11.4 Å². The molecule has 0 amide bonds. The van der Waals surface area contributed by atoms with Gasteiger partial charge in [-0.2, -0.15) is 0 Å². The number of benzene rings is 1. The minimum absolute atomic E-state index is 0.274. The van der Waals surface area contributed by atoms with Crippen LogP contribution >= 0.6 is 0 Å². The van der Waals surface area contributed by atoms with E-state index >= 15 is 0 Å². The van der Waals surface area contributed by atoms with E-state index in [2.05, 4.69) is 10.6 Å². The standard InChI is InChI=1S/C13H17F2N3O2/c14-13(15)11-6-10(18(19)20)3-4-12(11)17-8-9-2-1-5-16-7-9/h3-4,6,9,13,16-17H,1-2,5,7-8H2. The maximum atomic E-state index is 13.0. The Morgan fingerprint density at radius 2 is 2.30 bits per heavy atom. The third-order valence-electron chi connectivity index (χ3n) is 3.46. The molecule has 2 rings (SSSR count). The molecule has 0 aromatic heterocycles. The normalized spacial score (nSPS) is 19.1. The first-order valence-corrected chi connectivity index (χ1v) is 6.59. The maximum Gasteiger partial charge on any atom is 0.270 e. The highest BCUT2D eigenvalue weighted by Crippen LogP contribution is 2.31. The number of hydrogen-bond donors (Lipinski definition) is 2. The van der Waals surface area contributed by atoms with E-state index in [0.717, 1.165) is 32.0 Å². The molecule has 1 aromatic carbocycles. The Bertz CT molecular complexity index is 477. The summed E-state index contributed by atoms with van der Waals surface area (Å²) in [6.45, 7) is 2.45. The molecule has 1 aliphatic heterocycles. The van der Waals surface area contributed by atoms with Crippen LogP contribution in [0.3, 0.4) is 0 Å². The lowest BCUT2D eigenvalue weighted by atomic mass is 9.99. The molecule has 0 saturated carbocycles. The summed E-state index contributed by atoms with van der Waals surface area (Å²) in [4.78, 5) is 9.96. The Morgan fingerprint density at radius 1 is 1.50 bits per heavy atom. The van der Waals surface area contributed by atoms with Crippen LogP contribution in [-0.2, 0) is 0 Å². The van der Waals surface area contributed by atoms with Crippen molar-refractivity contribution in [2.75, 3.05) is 25.0 Å². The molecule has 1 aliphatic rings. The molecule has 1 saturated heterocycles. The fraction of sp³-hybridized carbons (Fsp3) is 0.538. The van der Waals surface area contributed by atoms with E-state index in [1.54, 1.807) is 0 Å². The number of nitrogens with one attached hydrogen (secondary N) is 2. The van der Waals surface area contributed by atoms with E-state index in [-0.39, 0.29) is 16.9 Å². The topological polar surface area (TPSA) is 67.2 Å². The molecule has 1 unspecified atom stereocenters. The van der Waals surface area contributed by atoms with Gasteiger partial charge in [0, 0.05) is 29.9 Å². The van der Waals surface area contributed by atoms with E-state index in [1.807, 2.05) is 0 Å². The van der Waals surface area contributed by atoms with Crippen molar-refractivity contribution in [1.29, 1.82) is 0 Å². The monoisotopic (exact) mass is 285 g/mol. The third-order valence-corrected chi connectivity index (χ3v) is 3.46. The second kappa shape index (κ2) is 6.60. The van der Waals surface area contributed by atoms with Crippen molar-refractivity contribution in [2.24, 2.45) is 5.92 Å². The number of nitro groups is 1. The third kappa shape index (κ3) is 3.63. The smallest absolute Gasteiger partial charge is 0.270 e. The fourth-order valence-electron chi connectivity index (χ4n) is 2.36. The summed E-state index contributed by atoms with van der Waals surface area (Å²) >= 11 is 0. The summed E-state index contributed by atoms with van der Waals surface area (Å²) in [5, 5.41) is 16.9. The Hall–Kier alpha value is -1.76. The number of rotatable bonds is 5. The number of nitrogens with zero attached hydrogens (tertiary/aromatic N) is 1. The average molecular weight is 285 g/mol. The lowest BCUT2D eigenvalue weighted by Crippen LogP contribution is -2.33. The van der Waals surface area contributed by atoms with E-state index in [4.69, 9.17) is 0 Å². The number of halogens is 2. The maximum absolute atomic E-state index is 13.0. The molecule has 20 heavy (non-hydrogen) atoms. The van der Waals surface area contributed by atoms with Crippen LogP contribution in [0, 0.1) is 16.0 Å². The van der Waals surface area contributed by atoms with Crippen LogP contribution in [0.5, 0.6) is 0 Å². The summed E-state index contributed by atoms with van der Waals surface area (Å²) in [6, 6.07) is 3.54. The highest BCUT2D eigenvalue weighted by atomic mass is 19.3. The van der Waals surface area contributed by atoms with Crippen molar-refractivity contribution in [1.82, 2.24) is 5.32 Å². The molecular formula is C13H17F2N3O2. The first kappa shape index (κ1) is 14.6. The zero-order chi connectivity index (χ0) is 14.5. The van der Waals surface area contributed by atoms with Crippen molar-refractivity contribution in [3.8, 4) is 0 Å². The van der Waals surface area contributed by atoms with Gasteiger partial charge in [-0.25, -0.2) is 8.78 Å². The molecule has 1 heterocycles. The van der Waals surface area contributed by atoms with Crippen LogP contribution in [0.25, 0.3) is 0 Å². The predicted octanol–water partition coefficient (Wildman–Crippen LogP) is 2.94. The molecule has 7 heteroatoms. The highest BCUT2D eigenvalue weighted by Gasteiger charge is 2.19. The summed E-state index contributed by atoms with van der Waals surface area (Å²) in [5.74, 6) is 0.393. The van der Waals surface area contributed by atoms with Gasteiger partial charge in [-0.3, -0.25) is 10.1 Å². The van der Waals surface area contributed by atoms with Crippen LogP contribution in [0.1, 0.15) is 24.8 Å². The minimum atomic E-state index is -2.73. The van der Waals surface area contributed by atoms with Crippen molar-refractivity contribution in [2.45, 2.75) is 19.3 Å². The Kier molecular flexibility index (Phi) is 4.84. The molecule has 1 fully saturated rings. The Labute approximate surface area is 115 Å². The largest absolute Gasteiger partial charge is 0.384 e. The van der Waals surface area contributed by atoms with E-state index in [0.29, 0.717) is 12.5 Å². The average Bonchev–Trinajstić information content (AvgIpc) is 2.45. The summed E-state index contributed by atoms with van der Waals surface area (Å²) in [6.07, 6.45) is -0.604. The molecular weight excluding hydrogens is 268 g/mol. The van der Waals surface area contributed by atoms with E-state index in [1.165, 1.54) is 12.1 Å². The van der Waals surface area contributed by atoms with Gasteiger partial charge >= 0.3 is 0 Å². The summed E-state index contributed by atoms with van der Waals surface area (Å²) < 4.78 is 25.9. The molecule has 5 nitrogen and oxygen atoms in total. The number of non-ortho nitro benzene ring substituents is 1. The first-order chi connectivity index (χ1) is 9.58. The second-order valence-corrected chi connectivity index (χ2v) is 4.92. The first-order valence-electron chi connectivity index (χ1n) is 6.59. The number of nitro benzene ring substituents is 1. The fourth-order valence-corrected chi connectivity index (χ4v) is 2.36. The highest BCUT2D eigenvalue weighted by molar-refractivity contribution is 5.56. The van der Waals surface area contributed by atoms with Gasteiger partial charge in [0.1, 0.15) is 0 Å². The van der Waals surface area contributed by atoms with Gasteiger partial charge in [-0.1, -0.05) is 0 Å². The molecule has 0 radical (unpaired) electrons. The SMILES string of the molecule is O=[N+]([O-])c1ccc(NCC2CCCNC2)c(C(F)F)c1. The lowest BCUT2D eigenvalue weighted by molar-refractivity contribution is -0.385. The molecule has 0 spiro atoms. The van der Waals surface area contributed by atoms with Crippen LogP contribution in [0.2, 0.25) is 0 Å². The quantitative estimate of drug-likeness (QED) is 0.644. The number of piperidine rings is 1. The molecule has 1 atom stereocenters. The van der Waals surface area contributed by atoms with Gasteiger partial charge in [-0.05, 0) is 37.9 Å². The van der Waals surface area contributed by atoms with Crippen LogP contribution in [-0.4, -0.2) is 24.6 Å². The lowest BCUT2D eigenvalue weighted by Gasteiger charge is -2.24. The van der Waals surface area contributed by atoms with Gasteiger partial charge in [0.25, 0.3) is 12.1 Å². The predicted molar refractivity (Wildman–Crippen MR) is 72.1 cm³/mol. The number of hydrogen-bond acceptors (Lipinski definition) is 4. The number of anilines is 1. The van der Waals surface area contributed by atoms with E-state index < -0.39 is 11.3 Å². The minimum Gasteiger partial charge on any atom is -0.384 e. The van der Waals surface area contributed by atoms with Gasteiger partial charge in [0.2, 0.25) is 0 Å². The number of alkyl halides is 2. The van der Waals surface area contributed by atoms with Crippen molar-refractivity contribution in [3.63, 3.8) is 0 Å². The van der Waals surface area contributed by atoms with Crippen LogP contribution in [0.15, 0.2) is 18.2 Å². The molecule has 0 aliphatic carbocycles. The zero-order valence-corrected chi connectivity index (χ0v) is 10.9. The molecule has 1 aromatic rings. The van der Waals surface area contributed by atoms with Gasteiger partial charge in [0.05, 0.1) is 4.92 Å². The van der Waals surface area contributed by atoms with Crippen molar-refractivity contribution < 1.29 is 13.7 Å². The Morgan fingerprint density at radius 3 is 2.90 bits per heavy atom. The molecule has 2 N–H and O–H groups in total. The summed E-state index contributed by atoms with van der Waals surface area (Å²) in [5.41, 5.74) is -0.357. The van der Waals surface area contributed by atoms with Crippen LogP contribution < -0.4 is 10.6 Å². The Balaban J connectivity index is 2.07. The summed E-state index contributed by atoms with van der Waals surface area (Å²) in [7, 11) is 0. The van der Waals surface area contributed by atoms with Gasteiger partial charge in [0.15, 0.2) is 0 Å². The van der Waals surface area contributed by atoms with Gasteiger partial charge < -0.3 is 10.6 Å². The second-order valence-electron chi connectivity index (χ2n) is 4.92. The van der Waals surface area contributed by atoms with Gasteiger partial charge in [-0.15, -0.1) is 0 Å². The van der Waals surface area contributed by atoms with Crippen molar-refractivity contribution in [3.05, 3.63) is 33.9 Å². The molecule has 110 valence electrons.